The van der Waals surface area contributed by atoms with Crippen LogP contribution in [0.3, 0.4) is 0 Å². The monoisotopic (exact) mass is 452 g/mol. The summed E-state index contributed by atoms with van der Waals surface area (Å²) in [5.74, 6) is -1.35. The number of nitro benzene ring substituents is 1. The number of aliphatic hydroxyl groups excluding tert-OH is 1. The molecule has 0 unspecified atom stereocenters. The quantitative estimate of drug-likeness (QED) is 0.224. The maximum Gasteiger partial charge on any atom is 0.295 e. The van der Waals surface area contributed by atoms with Crippen molar-refractivity contribution in [3.05, 3.63) is 75.3 Å². The molecule has 0 aliphatic carbocycles. The second-order valence-electron chi connectivity index (χ2n) is 7.90. The van der Waals surface area contributed by atoms with Crippen LogP contribution in [0.1, 0.15) is 36.9 Å². The van der Waals surface area contributed by atoms with Crippen molar-refractivity contribution in [1.82, 2.24) is 4.90 Å². The van der Waals surface area contributed by atoms with E-state index in [1.165, 1.54) is 23.1 Å². The predicted molar refractivity (Wildman–Crippen MR) is 119 cm³/mol. The number of rotatable bonds is 7. The van der Waals surface area contributed by atoms with E-state index in [-0.39, 0.29) is 29.7 Å². The van der Waals surface area contributed by atoms with Crippen molar-refractivity contribution in [3.8, 4) is 5.75 Å². The van der Waals surface area contributed by atoms with E-state index in [4.69, 9.17) is 9.47 Å². The number of hydrogen-bond donors (Lipinski definition) is 1. The SMILES string of the molecule is CCOc1ccc(C(O)=C2C(=O)C(=O)N(C[C@H]3CCCO3)[C@H]2c2cccc([N+](=O)[O-])c2)cc1. The molecule has 2 atom stereocenters. The molecule has 2 aliphatic heterocycles. The van der Waals surface area contributed by atoms with E-state index < -0.39 is 22.7 Å². The molecule has 2 fully saturated rings. The summed E-state index contributed by atoms with van der Waals surface area (Å²) in [4.78, 5) is 38.2. The van der Waals surface area contributed by atoms with Gasteiger partial charge in [0.05, 0.1) is 29.2 Å². The van der Waals surface area contributed by atoms with E-state index >= 15 is 0 Å². The van der Waals surface area contributed by atoms with E-state index in [0.29, 0.717) is 30.1 Å². The Bertz CT molecular complexity index is 1100. The van der Waals surface area contributed by atoms with Gasteiger partial charge in [-0.2, -0.15) is 0 Å². The summed E-state index contributed by atoms with van der Waals surface area (Å²) in [7, 11) is 0. The molecule has 4 rings (SSSR count). The number of carbonyl (C=O) groups is 2. The van der Waals surface area contributed by atoms with Gasteiger partial charge >= 0.3 is 0 Å². The van der Waals surface area contributed by atoms with Crippen molar-refractivity contribution in [2.45, 2.75) is 31.9 Å². The van der Waals surface area contributed by atoms with E-state index in [9.17, 15) is 24.8 Å². The van der Waals surface area contributed by atoms with Gasteiger partial charge in [-0.25, -0.2) is 0 Å². The van der Waals surface area contributed by atoms with Crippen LogP contribution in [0.2, 0.25) is 0 Å². The zero-order valence-electron chi connectivity index (χ0n) is 18.1. The number of likely N-dealkylation sites (tertiary alicyclic amines) is 1. The molecule has 2 aromatic carbocycles. The molecule has 2 aliphatic rings. The van der Waals surface area contributed by atoms with Crippen LogP contribution in [0.25, 0.3) is 5.76 Å². The van der Waals surface area contributed by atoms with Crippen LogP contribution in [0.5, 0.6) is 5.75 Å². The molecule has 9 heteroatoms. The lowest BCUT2D eigenvalue weighted by Crippen LogP contribution is -2.36. The summed E-state index contributed by atoms with van der Waals surface area (Å²) < 4.78 is 11.1. The fourth-order valence-corrected chi connectivity index (χ4v) is 4.26. The molecule has 2 heterocycles. The lowest BCUT2D eigenvalue weighted by molar-refractivity contribution is -0.384. The zero-order valence-corrected chi connectivity index (χ0v) is 18.1. The molecule has 9 nitrogen and oxygen atoms in total. The Morgan fingerprint density at radius 1 is 1.24 bits per heavy atom. The van der Waals surface area contributed by atoms with Crippen LogP contribution in [0.4, 0.5) is 5.69 Å². The number of amides is 1. The molecule has 1 amide bonds. The number of nitrogens with zero attached hydrogens (tertiary/aromatic N) is 2. The number of ketones is 1. The van der Waals surface area contributed by atoms with Gasteiger partial charge in [0.1, 0.15) is 11.5 Å². The average molecular weight is 452 g/mol. The molecule has 2 saturated heterocycles. The minimum Gasteiger partial charge on any atom is -0.507 e. The van der Waals surface area contributed by atoms with Crippen molar-refractivity contribution in [2.75, 3.05) is 19.8 Å². The van der Waals surface area contributed by atoms with Gasteiger partial charge in [-0.15, -0.1) is 0 Å². The first-order chi connectivity index (χ1) is 15.9. The number of carbonyl (C=O) groups excluding carboxylic acids is 2. The zero-order chi connectivity index (χ0) is 23.5. The van der Waals surface area contributed by atoms with Gasteiger partial charge in [-0.05, 0) is 49.6 Å². The summed E-state index contributed by atoms with van der Waals surface area (Å²) >= 11 is 0. The topological polar surface area (TPSA) is 119 Å². The Labute approximate surface area is 190 Å². The summed E-state index contributed by atoms with van der Waals surface area (Å²) in [5, 5.41) is 22.4. The fourth-order valence-electron chi connectivity index (χ4n) is 4.26. The summed E-state index contributed by atoms with van der Waals surface area (Å²) in [6.45, 7) is 3.05. The van der Waals surface area contributed by atoms with Gasteiger partial charge in [-0.1, -0.05) is 12.1 Å². The van der Waals surface area contributed by atoms with Crippen LogP contribution in [0, 0.1) is 10.1 Å². The smallest absolute Gasteiger partial charge is 0.295 e. The second kappa shape index (κ2) is 9.41. The molecule has 0 aromatic heterocycles. The normalized spacial score (nSPS) is 22.0. The molecule has 1 N–H and O–H groups in total. The summed E-state index contributed by atoms with van der Waals surface area (Å²) in [6, 6.07) is 11.3. The Balaban J connectivity index is 1.81. The van der Waals surface area contributed by atoms with Crippen LogP contribution < -0.4 is 4.74 Å². The van der Waals surface area contributed by atoms with Crippen LogP contribution in [-0.4, -0.2) is 52.5 Å². The number of aliphatic hydroxyl groups is 1. The van der Waals surface area contributed by atoms with Crippen molar-refractivity contribution in [3.63, 3.8) is 0 Å². The number of hydrogen-bond acceptors (Lipinski definition) is 7. The van der Waals surface area contributed by atoms with E-state index in [2.05, 4.69) is 0 Å². The maximum absolute atomic E-state index is 13.1. The highest BCUT2D eigenvalue weighted by atomic mass is 16.6. The Kier molecular flexibility index (Phi) is 6.41. The van der Waals surface area contributed by atoms with Gasteiger partial charge in [0, 0.05) is 30.8 Å². The maximum atomic E-state index is 13.1. The predicted octanol–water partition coefficient (Wildman–Crippen LogP) is 3.59. The number of benzene rings is 2. The fraction of sp³-hybridized carbons (Fsp3) is 0.333. The van der Waals surface area contributed by atoms with E-state index in [1.54, 1.807) is 30.3 Å². The first kappa shape index (κ1) is 22.5. The molecule has 0 saturated carbocycles. The summed E-state index contributed by atoms with van der Waals surface area (Å²) in [5.41, 5.74) is 0.428. The highest BCUT2D eigenvalue weighted by molar-refractivity contribution is 6.46. The van der Waals surface area contributed by atoms with Crippen molar-refractivity contribution >= 4 is 23.1 Å². The Morgan fingerprint density at radius 3 is 2.64 bits per heavy atom. The Hall–Kier alpha value is -3.72. The number of ether oxygens (including phenoxy) is 2. The minimum absolute atomic E-state index is 0.109. The van der Waals surface area contributed by atoms with Gasteiger partial charge < -0.3 is 19.5 Å². The molecule has 0 bridgehead atoms. The average Bonchev–Trinajstić information content (AvgIpc) is 3.42. The van der Waals surface area contributed by atoms with Crippen molar-refractivity contribution in [2.24, 2.45) is 0 Å². The first-order valence-corrected chi connectivity index (χ1v) is 10.8. The van der Waals surface area contributed by atoms with Crippen molar-refractivity contribution < 1.29 is 29.1 Å². The van der Waals surface area contributed by atoms with Gasteiger partial charge in [0.15, 0.2) is 0 Å². The number of nitro groups is 1. The molecular weight excluding hydrogens is 428 g/mol. The molecule has 172 valence electrons. The Morgan fingerprint density at radius 2 is 2.00 bits per heavy atom. The minimum atomic E-state index is -0.972. The highest BCUT2D eigenvalue weighted by Gasteiger charge is 2.47. The third-order valence-corrected chi connectivity index (χ3v) is 5.80. The van der Waals surface area contributed by atoms with Crippen LogP contribution in [-0.2, 0) is 14.3 Å². The van der Waals surface area contributed by atoms with Crippen molar-refractivity contribution in [1.29, 1.82) is 0 Å². The van der Waals surface area contributed by atoms with Gasteiger partial charge in [-0.3, -0.25) is 19.7 Å². The molecule has 0 spiro atoms. The van der Waals surface area contributed by atoms with Gasteiger partial charge in [0.25, 0.3) is 17.4 Å². The third-order valence-electron chi connectivity index (χ3n) is 5.80. The summed E-state index contributed by atoms with van der Waals surface area (Å²) in [6.07, 6.45) is 1.35. The molecule has 33 heavy (non-hydrogen) atoms. The molecular formula is C24H24N2O7. The van der Waals surface area contributed by atoms with E-state index in [1.807, 2.05) is 6.92 Å². The lowest BCUT2D eigenvalue weighted by Gasteiger charge is -2.27. The second-order valence-corrected chi connectivity index (χ2v) is 7.90. The largest absolute Gasteiger partial charge is 0.507 e. The highest BCUT2D eigenvalue weighted by Crippen LogP contribution is 2.41. The van der Waals surface area contributed by atoms with Crippen LogP contribution in [0.15, 0.2) is 54.1 Å². The standard InChI is InChI=1S/C24H24N2O7/c1-2-32-18-10-8-15(9-11-18)22(27)20-21(16-5-3-6-17(13-16)26(30)31)25(24(29)23(20)28)14-19-7-4-12-33-19/h3,5-6,8-11,13,19,21,27H,2,4,7,12,14H2,1H3/t19-,21+/m1/s1. The third kappa shape index (κ3) is 4.45. The molecule has 2 aromatic rings. The van der Waals surface area contributed by atoms with E-state index in [0.717, 1.165) is 12.8 Å². The first-order valence-electron chi connectivity index (χ1n) is 10.8. The number of non-ortho nitro benzene ring substituents is 1. The van der Waals surface area contributed by atoms with Crippen LogP contribution >= 0.6 is 0 Å². The lowest BCUT2D eigenvalue weighted by atomic mass is 9.95. The molecule has 0 radical (unpaired) electrons. The van der Waals surface area contributed by atoms with Gasteiger partial charge in [0.2, 0.25) is 0 Å². The number of Topliss-reactive ketones (excluding diaryl/α,β-unsaturated/α-hetero) is 1.